The Bertz CT molecular complexity index is 533. The zero-order chi connectivity index (χ0) is 16.3. The van der Waals surface area contributed by atoms with Crippen molar-refractivity contribution in [2.45, 2.75) is 38.7 Å². The predicted molar refractivity (Wildman–Crippen MR) is 90.0 cm³/mol. The molecule has 0 fully saturated rings. The molecule has 126 valence electrons. The molecule has 0 saturated heterocycles. The van der Waals surface area contributed by atoms with E-state index in [2.05, 4.69) is 9.97 Å². The van der Waals surface area contributed by atoms with E-state index in [1.807, 2.05) is 24.4 Å². The fraction of sp³-hybridized carbons (Fsp3) is 0.500. The molecule has 0 spiro atoms. The second-order valence-corrected chi connectivity index (χ2v) is 5.47. The van der Waals surface area contributed by atoms with Gasteiger partial charge in [0.15, 0.2) is 0 Å². The van der Waals surface area contributed by atoms with Crippen molar-refractivity contribution in [3.63, 3.8) is 0 Å². The van der Waals surface area contributed by atoms with E-state index >= 15 is 0 Å². The van der Waals surface area contributed by atoms with Gasteiger partial charge in [0.05, 0.1) is 20.8 Å². The third-order valence-electron chi connectivity index (χ3n) is 3.69. The number of hydrogen-bond acceptors (Lipinski definition) is 4. The summed E-state index contributed by atoms with van der Waals surface area (Å²) in [7, 11) is 3.31. The van der Waals surface area contributed by atoms with E-state index in [9.17, 15) is 0 Å². The minimum Gasteiger partial charge on any atom is -0.497 e. The summed E-state index contributed by atoms with van der Waals surface area (Å²) in [6, 6.07) is 5.82. The molecule has 0 aliphatic rings. The molecule has 1 heterocycles. The molecule has 0 aliphatic carbocycles. The molecule has 23 heavy (non-hydrogen) atoms. The van der Waals surface area contributed by atoms with Crippen LogP contribution in [0, 0.1) is 0 Å². The zero-order valence-corrected chi connectivity index (χ0v) is 14.0. The summed E-state index contributed by atoms with van der Waals surface area (Å²) in [4.78, 5) is 7.35. The molecule has 2 rings (SSSR count). The number of aryl methyl sites for hydroxylation is 1. The molecular formula is C18H26N2O3. The van der Waals surface area contributed by atoms with Crippen LogP contribution in [0.1, 0.15) is 37.1 Å². The van der Waals surface area contributed by atoms with Crippen molar-refractivity contribution in [3.05, 3.63) is 42.0 Å². The molecule has 2 aromatic rings. The topological polar surface area (TPSA) is 56.4 Å². The maximum atomic E-state index is 5.74. The highest BCUT2D eigenvalue weighted by atomic mass is 16.5. The van der Waals surface area contributed by atoms with E-state index in [-0.39, 0.29) is 0 Å². The van der Waals surface area contributed by atoms with Crippen molar-refractivity contribution in [1.82, 2.24) is 9.97 Å². The molecule has 0 amide bonds. The number of hydrogen-bond donors (Lipinski definition) is 1. The van der Waals surface area contributed by atoms with Crippen LogP contribution in [-0.4, -0.2) is 30.8 Å². The molecule has 0 aliphatic heterocycles. The lowest BCUT2D eigenvalue weighted by molar-refractivity contribution is 0.116. The van der Waals surface area contributed by atoms with Crippen molar-refractivity contribution in [2.75, 3.05) is 20.8 Å². The Morgan fingerprint density at radius 3 is 2.35 bits per heavy atom. The van der Waals surface area contributed by atoms with Crippen molar-refractivity contribution in [3.8, 4) is 11.5 Å². The van der Waals surface area contributed by atoms with Gasteiger partial charge in [-0.3, -0.25) is 0 Å². The van der Waals surface area contributed by atoms with E-state index in [0.29, 0.717) is 6.61 Å². The molecule has 0 atom stereocenters. The molecule has 1 aromatic heterocycles. The molecule has 5 nitrogen and oxygen atoms in total. The van der Waals surface area contributed by atoms with Crippen LogP contribution in [0.15, 0.2) is 30.6 Å². The minimum absolute atomic E-state index is 0.583. The summed E-state index contributed by atoms with van der Waals surface area (Å²) in [6.07, 6.45) is 9.34. The second-order valence-electron chi connectivity index (χ2n) is 5.47. The van der Waals surface area contributed by atoms with E-state index in [1.54, 1.807) is 20.4 Å². The van der Waals surface area contributed by atoms with Crippen LogP contribution in [0.2, 0.25) is 0 Å². The highest BCUT2D eigenvalue weighted by Gasteiger charge is 2.02. The smallest absolute Gasteiger partial charge is 0.122 e. The Morgan fingerprint density at radius 2 is 1.70 bits per heavy atom. The first kappa shape index (κ1) is 17.3. The van der Waals surface area contributed by atoms with Crippen LogP contribution in [0.5, 0.6) is 11.5 Å². The first-order valence-corrected chi connectivity index (χ1v) is 8.10. The molecule has 0 radical (unpaired) electrons. The van der Waals surface area contributed by atoms with Crippen molar-refractivity contribution < 1.29 is 14.2 Å². The number of methoxy groups -OCH3 is 2. The largest absolute Gasteiger partial charge is 0.497 e. The van der Waals surface area contributed by atoms with Gasteiger partial charge >= 0.3 is 0 Å². The van der Waals surface area contributed by atoms with Gasteiger partial charge in [-0.1, -0.05) is 12.8 Å². The van der Waals surface area contributed by atoms with Gasteiger partial charge in [0, 0.05) is 31.5 Å². The number of nitrogens with one attached hydrogen (secondary N) is 1. The number of H-pyrrole nitrogens is 1. The van der Waals surface area contributed by atoms with Gasteiger partial charge in [-0.25, -0.2) is 4.98 Å². The summed E-state index contributed by atoms with van der Waals surface area (Å²) < 4.78 is 16.3. The summed E-state index contributed by atoms with van der Waals surface area (Å²) in [6.45, 7) is 1.36. The van der Waals surface area contributed by atoms with Crippen molar-refractivity contribution >= 4 is 0 Å². The maximum absolute atomic E-state index is 5.74. The zero-order valence-electron chi connectivity index (χ0n) is 14.0. The van der Waals surface area contributed by atoms with Crippen LogP contribution < -0.4 is 9.47 Å². The van der Waals surface area contributed by atoms with E-state index in [4.69, 9.17) is 14.2 Å². The van der Waals surface area contributed by atoms with Crippen molar-refractivity contribution in [2.24, 2.45) is 0 Å². The standard InChI is InChI=1S/C18H26N2O3/c1-21-16-11-15(12-17(13-16)22-2)14-23-10-6-4-3-5-7-18-19-8-9-20-18/h8-9,11-13H,3-7,10,14H2,1-2H3,(H,19,20). The van der Waals surface area contributed by atoms with Gasteiger partial charge in [0.1, 0.15) is 17.3 Å². The Labute approximate surface area is 138 Å². The number of imidazole rings is 1. The quantitative estimate of drug-likeness (QED) is 0.641. The minimum atomic E-state index is 0.583. The van der Waals surface area contributed by atoms with Gasteiger partial charge in [-0.05, 0) is 30.5 Å². The third kappa shape index (κ3) is 6.32. The van der Waals surface area contributed by atoms with Crippen LogP contribution in [-0.2, 0) is 17.8 Å². The van der Waals surface area contributed by atoms with Gasteiger partial charge in [0.25, 0.3) is 0 Å². The van der Waals surface area contributed by atoms with Crippen LogP contribution in [0.25, 0.3) is 0 Å². The molecule has 5 heteroatoms. The van der Waals surface area contributed by atoms with E-state index < -0.39 is 0 Å². The maximum Gasteiger partial charge on any atom is 0.122 e. The highest BCUT2D eigenvalue weighted by Crippen LogP contribution is 2.22. The SMILES string of the molecule is COc1cc(COCCCCCCc2ncc[nH]2)cc(OC)c1. The monoisotopic (exact) mass is 318 g/mol. The van der Waals surface area contributed by atoms with Crippen LogP contribution >= 0.6 is 0 Å². The summed E-state index contributed by atoms with van der Waals surface area (Å²) in [5.41, 5.74) is 1.07. The number of aromatic nitrogens is 2. The number of nitrogens with zero attached hydrogens (tertiary/aromatic N) is 1. The molecule has 0 bridgehead atoms. The molecule has 1 N–H and O–H groups in total. The molecule has 1 aromatic carbocycles. The fourth-order valence-electron chi connectivity index (χ4n) is 2.42. The summed E-state index contributed by atoms with van der Waals surface area (Å²) in [5, 5.41) is 0. The average Bonchev–Trinajstić information content (AvgIpc) is 3.10. The summed E-state index contributed by atoms with van der Waals surface area (Å²) >= 11 is 0. The van der Waals surface area contributed by atoms with Gasteiger partial charge < -0.3 is 19.2 Å². The summed E-state index contributed by atoms with van der Waals surface area (Å²) in [5.74, 6) is 2.66. The molecular weight excluding hydrogens is 292 g/mol. The van der Waals surface area contributed by atoms with Gasteiger partial charge in [-0.15, -0.1) is 0 Å². The Kier molecular flexibility index (Phi) is 7.46. The Morgan fingerprint density at radius 1 is 0.957 bits per heavy atom. The Balaban J connectivity index is 1.56. The lowest BCUT2D eigenvalue weighted by atomic mass is 10.1. The second kappa shape index (κ2) is 9.90. The average molecular weight is 318 g/mol. The normalized spacial score (nSPS) is 10.7. The number of aromatic amines is 1. The first-order valence-electron chi connectivity index (χ1n) is 8.10. The van der Waals surface area contributed by atoms with E-state index in [1.165, 1.54) is 19.3 Å². The third-order valence-corrected chi connectivity index (χ3v) is 3.69. The molecule has 0 unspecified atom stereocenters. The van der Waals surface area contributed by atoms with Crippen molar-refractivity contribution in [1.29, 1.82) is 0 Å². The van der Waals surface area contributed by atoms with Crippen LogP contribution in [0.4, 0.5) is 0 Å². The lowest BCUT2D eigenvalue weighted by Gasteiger charge is -2.09. The van der Waals surface area contributed by atoms with Gasteiger partial charge in [-0.2, -0.15) is 0 Å². The first-order chi connectivity index (χ1) is 11.3. The van der Waals surface area contributed by atoms with Gasteiger partial charge in [0.2, 0.25) is 0 Å². The van der Waals surface area contributed by atoms with E-state index in [0.717, 1.165) is 42.3 Å². The lowest BCUT2D eigenvalue weighted by Crippen LogP contribution is -1.97. The highest BCUT2D eigenvalue weighted by molar-refractivity contribution is 5.38. The number of rotatable bonds is 11. The Hall–Kier alpha value is -2.01. The number of ether oxygens (including phenoxy) is 3. The molecule has 0 saturated carbocycles. The van der Waals surface area contributed by atoms with Crippen LogP contribution in [0.3, 0.4) is 0 Å². The number of benzene rings is 1. The predicted octanol–water partition coefficient (Wildman–Crippen LogP) is 3.75. The fourth-order valence-corrected chi connectivity index (χ4v) is 2.42. The number of unbranched alkanes of at least 4 members (excludes halogenated alkanes) is 3.